The normalized spacial score (nSPS) is 10.9. The van der Waals surface area contributed by atoms with E-state index in [0.717, 1.165) is 0 Å². The summed E-state index contributed by atoms with van der Waals surface area (Å²) in [7, 11) is 0. The zero-order valence-corrected chi connectivity index (χ0v) is 11.2. The van der Waals surface area contributed by atoms with Crippen LogP contribution in [0.25, 0.3) is 11.2 Å². The van der Waals surface area contributed by atoms with Gasteiger partial charge in [-0.15, -0.1) is 10.2 Å². The molecule has 0 unspecified atom stereocenters. The fraction of sp³-hybridized carbons (Fsp3) is 0.231. The lowest BCUT2D eigenvalue weighted by atomic mass is 10.2. The van der Waals surface area contributed by atoms with E-state index in [2.05, 4.69) is 25.1 Å². The zero-order valence-electron chi connectivity index (χ0n) is 11.2. The fourth-order valence-corrected chi connectivity index (χ4v) is 1.81. The quantitative estimate of drug-likeness (QED) is 0.703. The zero-order chi connectivity index (χ0) is 14.8. The standard InChI is InChI=1S/C13H11N5O3/c1-7(19)13-18-17-10(21-13)5-4-9(20)12-15-8-3-2-6-14-11(8)16-12/h2-3,6H,4-5H2,1H3,(H,14,15,16). The minimum atomic E-state index is -0.302. The highest BCUT2D eigenvalue weighted by Crippen LogP contribution is 2.11. The van der Waals surface area contributed by atoms with Gasteiger partial charge in [-0.25, -0.2) is 9.97 Å². The summed E-state index contributed by atoms with van der Waals surface area (Å²) in [6.07, 6.45) is 2.02. The molecule has 3 aromatic rings. The lowest BCUT2D eigenvalue weighted by Crippen LogP contribution is -2.03. The second-order valence-corrected chi connectivity index (χ2v) is 4.44. The van der Waals surface area contributed by atoms with E-state index in [1.807, 2.05) is 0 Å². The molecule has 8 nitrogen and oxygen atoms in total. The van der Waals surface area contributed by atoms with E-state index in [9.17, 15) is 9.59 Å². The first-order valence-electron chi connectivity index (χ1n) is 6.31. The molecule has 1 N–H and O–H groups in total. The molecule has 3 aromatic heterocycles. The van der Waals surface area contributed by atoms with E-state index < -0.39 is 0 Å². The summed E-state index contributed by atoms with van der Waals surface area (Å²) in [5, 5.41) is 7.30. The molecule has 3 heterocycles. The van der Waals surface area contributed by atoms with Gasteiger partial charge in [-0.1, -0.05) is 0 Å². The maximum Gasteiger partial charge on any atom is 0.283 e. The van der Waals surface area contributed by atoms with E-state index >= 15 is 0 Å². The van der Waals surface area contributed by atoms with Crippen molar-refractivity contribution in [2.75, 3.05) is 0 Å². The summed E-state index contributed by atoms with van der Waals surface area (Å²) in [6, 6.07) is 3.56. The van der Waals surface area contributed by atoms with E-state index in [-0.39, 0.29) is 42.0 Å². The summed E-state index contributed by atoms with van der Waals surface area (Å²) in [5.41, 5.74) is 1.20. The third kappa shape index (κ3) is 2.69. The Morgan fingerprint density at radius 1 is 1.33 bits per heavy atom. The van der Waals surface area contributed by atoms with Crippen LogP contribution in [0.15, 0.2) is 22.7 Å². The molecule has 0 saturated carbocycles. The Bertz CT molecular complexity index is 787. The smallest absolute Gasteiger partial charge is 0.283 e. The highest BCUT2D eigenvalue weighted by Gasteiger charge is 2.15. The van der Waals surface area contributed by atoms with Crippen molar-refractivity contribution in [2.24, 2.45) is 0 Å². The lowest BCUT2D eigenvalue weighted by Gasteiger charge is -1.93. The molecule has 106 valence electrons. The number of fused-ring (bicyclic) bond motifs is 1. The molecule has 0 aliphatic rings. The number of aromatic amines is 1. The number of nitrogens with zero attached hydrogens (tertiary/aromatic N) is 4. The van der Waals surface area contributed by atoms with Gasteiger partial charge in [-0.2, -0.15) is 0 Å². The van der Waals surface area contributed by atoms with Crippen LogP contribution in [0.1, 0.15) is 40.5 Å². The molecule has 0 aliphatic heterocycles. The minimum absolute atomic E-state index is 0.0506. The number of aromatic nitrogens is 5. The van der Waals surface area contributed by atoms with Gasteiger partial charge in [0, 0.05) is 26.0 Å². The number of carbonyl (C=O) groups is 2. The molecular weight excluding hydrogens is 274 g/mol. The van der Waals surface area contributed by atoms with Crippen LogP contribution < -0.4 is 0 Å². The first-order chi connectivity index (χ1) is 10.1. The minimum Gasteiger partial charge on any atom is -0.418 e. The first-order valence-corrected chi connectivity index (χ1v) is 6.31. The predicted octanol–water partition coefficient (Wildman–Crippen LogP) is 1.36. The van der Waals surface area contributed by atoms with Crippen molar-refractivity contribution in [3.8, 4) is 0 Å². The van der Waals surface area contributed by atoms with Crippen LogP contribution in [0, 0.1) is 0 Å². The van der Waals surface area contributed by atoms with E-state index in [4.69, 9.17) is 4.42 Å². The third-order valence-corrected chi connectivity index (χ3v) is 2.86. The van der Waals surface area contributed by atoms with Gasteiger partial charge in [0.1, 0.15) is 0 Å². The molecule has 0 aliphatic carbocycles. The topological polar surface area (TPSA) is 115 Å². The molecule has 3 rings (SSSR count). The van der Waals surface area contributed by atoms with Gasteiger partial charge in [0.25, 0.3) is 5.89 Å². The largest absolute Gasteiger partial charge is 0.418 e. The number of pyridine rings is 1. The SMILES string of the molecule is CC(=O)c1nnc(CCC(=O)c2nc3ncccc3[nH]2)o1. The van der Waals surface area contributed by atoms with Crippen molar-refractivity contribution in [3.63, 3.8) is 0 Å². The summed E-state index contributed by atoms with van der Waals surface area (Å²) in [6.45, 7) is 1.34. The van der Waals surface area contributed by atoms with Gasteiger partial charge in [-0.05, 0) is 12.1 Å². The number of hydrogen-bond donors (Lipinski definition) is 1. The molecular formula is C13H11N5O3. The fourth-order valence-electron chi connectivity index (χ4n) is 1.81. The average molecular weight is 285 g/mol. The number of ketones is 2. The molecule has 8 heteroatoms. The van der Waals surface area contributed by atoms with Crippen molar-refractivity contribution < 1.29 is 14.0 Å². The van der Waals surface area contributed by atoms with Crippen molar-refractivity contribution in [2.45, 2.75) is 19.8 Å². The lowest BCUT2D eigenvalue weighted by molar-refractivity contribution is 0.0971. The molecule has 0 radical (unpaired) electrons. The number of Topliss-reactive ketones (excluding diaryl/α,β-unsaturated/α-hetero) is 2. The summed E-state index contributed by atoms with van der Waals surface area (Å²) in [4.78, 5) is 34.2. The van der Waals surface area contributed by atoms with Crippen LogP contribution >= 0.6 is 0 Å². The number of imidazole rings is 1. The highest BCUT2D eigenvalue weighted by atomic mass is 16.4. The molecule has 0 amide bonds. The Balaban J connectivity index is 1.69. The molecule has 0 saturated heterocycles. The first kappa shape index (κ1) is 13.1. The van der Waals surface area contributed by atoms with E-state index in [1.165, 1.54) is 6.92 Å². The van der Waals surface area contributed by atoms with Crippen molar-refractivity contribution >= 4 is 22.7 Å². The average Bonchev–Trinajstić information content (AvgIpc) is 3.11. The molecule has 0 aromatic carbocycles. The summed E-state index contributed by atoms with van der Waals surface area (Å²) in [5.74, 6) is -0.0396. The summed E-state index contributed by atoms with van der Waals surface area (Å²) < 4.78 is 5.12. The molecule has 0 bridgehead atoms. The van der Waals surface area contributed by atoms with Gasteiger partial charge in [0.15, 0.2) is 17.3 Å². The highest BCUT2D eigenvalue weighted by molar-refractivity contribution is 5.95. The number of hydrogen-bond acceptors (Lipinski definition) is 7. The maximum absolute atomic E-state index is 12.0. The second kappa shape index (κ2) is 5.23. The van der Waals surface area contributed by atoms with Crippen LogP contribution in [0.4, 0.5) is 0 Å². The second-order valence-electron chi connectivity index (χ2n) is 4.44. The molecule has 0 spiro atoms. The molecule has 0 fully saturated rings. The van der Waals surface area contributed by atoms with Crippen LogP contribution in [0.3, 0.4) is 0 Å². The number of rotatable bonds is 5. The number of carbonyl (C=O) groups excluding carboxylic acids is 2. The van der Waals surface area contributed by atoms with Gasteiger partial charge < -0.3 is 9.40 Å². The number of aryl methyl sites for hydroxylation is 1. The Morgan fingerprint density at radius 2 is 2.19 bits per heavy atom. The Morgan fingerprint density at radius 3 is 2.90 bits per heavy atom. The predicted molar refractivity (Wildman–Crippen MR) is 70.8 cm³/mol. The van der Waals surface area contributed by atoms with E-state index in [1.54, 1.807) is 18.3 Å². The van der Waals surface area contributed by atoms with Crippen LogP contribution in [0.2, 0.25) is 0 Å². The Labute approximate surface area is 118 Å². The van der Waals surface area contributed by atoms with Crippen LogP contribution in [-0.4, -0.2) is 36.7 Å². The van der Waals surface area contributed by atoms with E-state index in [0.29, 0.717) is 11.2 Å². The number of H-pyrrole nitrogens is 1. The maximum atomic E-state index is 12.0. The molecule has 0 atom stereocenters. The Kier molecular flexibility index (Phi) is 3.27. The van der Waals surface area contributed by atoms with Gasteiger partial charge in [0.05, 0.1) is 5.52 Å². The van der Waals surface area contributed by atoms with Crippen molar-refractivity contribution in [1.29, 1.82) is 0 Å². The van der Waals surface area contributed by atoms with Crippen LogP contribution in [-0.2, 0) is 6.42 Å². The van der Waals surface area contributed by atoms with Gasteiger partial charge in [0.2, 0.25) is 11.7 Å². The molecule has 21 heavy (non-hydrogen) atoms. The van der Waals surface area contributed by atoms with Gasteiger partial charge in [-0.3, -0.25) is 9.59 Å². The summed E-state index contributed by atoms with van der Waals surface area (Å²) >= 11 is 0. The van der Waals surface area contributed by atoms with Crippen molar-refractivity contribution in [1.82, 2.24) is 25.1 Å². The third-order valence-electron chi connectivity index (χ3n) is 2.86. The van der Waals surface area contributed by atoms with Gasteiger partial charge >= 0.3 is 0 Å². The number of nitrogens with one attached hydrogen (secondary N) is 1. The Hall–Kier alpha value is -2.90. The monoisotopic (exact) mass is 285 g/mol. The van der Waals surface area contributed by atoms with Crippen LogP contribution in [0.5, 0.6) is 0 Å². The van der Waals surface area contributed by atoms with Crippen molar-refractivity contribution in [3.05, 3.63) is 35.9 Å².